The number of carbonyl (C=O) groups excluding carboxylic acids is 1. The van der Waals surface area contributed by atoms with Crippen molar-refractivity contribution in [2.75, 3.05) is 12.3 Å². The first-order valence-corrected chi connectivity index (χ1v) is 6.03. The van der Waals surface area contributed by atoms with Gasteiger partial charge in [-0.25, -0.2) is 0 Å². The SMILES string of the molecule is CC(CCN)CCC(=O)Cc1cnccc1N. The summed E-state index contributed by atoms with van der Waals surface area (Å²) in [6.07, 6.45) is 6.15. The van der Waals surface area contributed by atoms with Crippen LogP contribution in [0.5, 0.6) is 0 Å². The molecule has 1 aromatic rings. The van der Waals surface area contributed by atoms with Crippen molar-refractivity contribution in [3.8, 4) is 0 Å². The summed E-state index contributed by atoms with van der Waals surface area (Å²) in [5, 5.41) is 0. The van der Waals surface area contributed by atoms with Crippen LogP contribution in [0.25, 0.3) is 0 Å². The summed E-state index contributed by atoms with van der Waals surface area (Å²) in [6.45, 7) is 2.81. The fourth-order valence-corrected chi connectivity index (χ4v) is 1.72. The second kappa shape index (κ2) is 7.01. The molecule has 0 aliphatic rings. The molecule has 1 unspecified atom stereocenters. The maximum atomic E-state index is 11.8. The Labute approximate surface area is 102 Å². The van der Waals surface area contributed by atoms with E-state index in [0.29, 0.717) is 31.0 Å². The highest BCUT2D eigenvalue weighted by molar-refractivity contribution is 5.82. The van der Waals surface area contributed by atoms with Gasteiger partial charge < -0.3 is 11.5 Å². The Hall–Kier alpha value is -1.42. The van der Waals surface area contributed by atoms with Gasteiger partial charge in [0.2, 0.25) is 0 Å². The second-order valence-electron chi connectivity index (χ2n) is 4.51. The number of carbonyl (C=O) groups is 1. The molecule has 0 aliphatic heterocycles. The lowest BCUT2D eigenvalue weighted by atomic mass is 9.98. The normalized spacial score (nSPS) is 12.4. The molecule has 0 bridgehead atoms. The fourth-order valence-electron chi connectivity index (χ4n) is 1.72. The summed E-state index contributed by atoms with van der Waals surface area (Å²) in [7, 11) is 0. The van der Waals surface area contributed by atoms with Crippen LogP contribution < -0.4 is 11.5 Å². The standard InChI is InChI=1S/C13H21N3O/c1-10(4-6-14)2-3-12(17)8-11-9-16-7-5-13(11)15/h5,7,9-10H,2-4,6,8,14H2,1H3,(H2,15,16). The number of nitrogen functional groups attached to an aromatic ring is 1. The van der Waals surface area contributed by atoms with Crippen molar-refractivity contribution in [2.24, 2.45) is 11.7 Å². The summed E-state index contributed by atoms with van der Waals surface area (Å²) < 4.78 is 0. The molecule has 4 N–H and O–H groups in total. The third-order valence-corrected chi connectivity index (χ3v) is 2.90. The van der Waals surface area contributed by atoms with Crippen LogP contribution in [0.4, 0.5) is 5.69 Å². The molecule has 0 saturated carbocycles. The van der Waals surface area contributed by atoms with Gasteiger partial charge in [-0.3, -0.25) is 9.78 Å². The number of aromatic nitrogens is 1. The van der Waals surface area contributed by atoms with E-state index in [-0.39, 0.29) is 5.78 Å². The number of ketones is 1. The molecule has 0 amide bonds. The van der Waals surface area contributed by atoms with Crippen molar-refractivity contribution in [1.29, 1.82) is 0 Å². The van der Waals surface area contributed by atoms with Crippen LogP contribution >= 0.6 is 0 Å². The molecule has 0 aliphatic carbocycles. The lowest BCUT2D eigenvalue weighted by Crippen LogP contribution is -2.10. The van der Waals surface area contributed by atoms with Gasteiger partial charge in [-0.15, -0.1) is 0 Å². The first kappa shape index (κ1) is 13.6. The van der Waals surface area contributed by atoms with E-state index in [9.17, 15) is 4.79 Å². The molecule has 4 nitrogen and oxygen atoms in total. The van der Waals surface area contributed by atoms with Gasteiger partial charge in [0, 0.05) is 36.5 Å². The molecule has 1 heterocycles. The molecule has 0 saturated heterocycles. The molecule has 17 heavy (non-hydrogen) atoms. The minimum Gasteiger partial charge on any atom is -0.398 e. The van der Waals surface area contributed by atoms with E-state index in [4.69, 9.17) is 11.5 Å². The van der Waals surface area contributed by atoms with Crippen LogP contribution in [0, 0.1) is 5.92 Å². The first-order chi connectivity index (χ1) is 8.13. The molecule has 0 aromatic carbocycles. The van der Waals surface area contributed by atoms with Gasteiger partial charge in [0.15, 0.2) is 0 Å². The third-order valence-electron chi connectivity index (χ3n) is 2.90. The number of pyridine rings is 1. The Balaban J connectivity index is 2.37. The number of hydrogen-bond donors (Lipinski definition) is 2. The van der Waals surface area contributed by atoms with Crippen LogP contribution in [-0.2, 0) is 11.2 Å². The molecule has 1 atom stereocenters. The van der Waals surface area contributed by atoms with Gasteiger partial charge in [0.05, 0.1) is 0 Å². The molecular weight excluding hydrogens is 214 g/mol. The zero-order chi connectivity index (χ0) is 12.7. The van der Waals surface area contributed by atoms with E-state index in [0.717, 1.165) is 18.4 Å². The molecule has 0 fully saturated rings. The smallest absolute Gasteiger partial charge is 0.137 e. The second-order valence-corrected chi connectivity index (χ2v) is 4.51. The van der Waals surface area contributed by atoms with Gasteiger partial charge >= 0.3 is 0 Å². The molecule has 0 spiro atoms. The summed E-state index contributed by atoms with van der Waals surface area (Å²) in [5.74, 6) is 0.726. The fraction of sp³-hybridized carbons (Fsp3) is 0.538. The Morgan fingerprint density at radius 3 is 2.88 bits per heavy atom. The predicted octanol–water partition coefficient (Wildman–Crippen LogP) is 1.54. The third kappa shape index (κ3) is 4.95. The zero-order valence-electron chi connectivity index (χ0n) is 10.4. The van der Waals surface area contributed by atoms with E-state index in [1.165, 1.54) is 0 Å². The van der Waals surface area contributed by atoms with E-state index in [2.05, 4.69) is 11.9 Å². The molecule has 0 radical (unpaired) electrons. The van der Waals surface area contributed by atoms with E-state index in [1.54, 1.807) is 18.5 Å². The van der Waals surface area contributed by atoms with Crippen molar-refractivity contribution in [3.63, 3.8) is 0 Å². The number of rotatable bonds is 7. The highest BCUT2D eigenvalue weighted by atomic mass is 16.1. The Kier molecular flexibility index (Phi) is 5.63. The van der Waals surface area contributed by atoms with Gasteiger partial charge in [-0.1, -0.05) is 6.92 Å². The maximum Gasteiger partial charge on any atom is 0.137 e. The number of Topliss-reactive ketones (excluding diaryl/α,β-unsaturated/α-hetero) is 1. The predicted molar refractivity (Wildman–Crippen MR) is 69.4 cm³/mol. The molecule has 1 rings (SSSR count). The average Bonchev–Trinajstić information content (AvgIpc) is 2.30. The zero-order valence-corrected chi connectivity index (χ0v) is 10.4. The minimum absolute atomic E-state index is 0.216. The van der Waals surface area contributed by atoms with Crippen molar-refractivity contribution < 1.29 is 4.79 Å². The monoisotopic (exact) mass is 235 g/mol. The average molecular weight is 235 g/mol. The number of nitrogens with two attached hydrogens (primary N) is 2. The van der Waals surface area contributed by atoms with Crippen LogP contribution in [-0.4, -0.2) is 17.3 Å². The summed E-state index contributed by atoms with van der Waals surface area (Å²) in [5.41, 5.74) is 12.7. The van der Waals surface area contributed by atoms with E-state index >= 15 is 0 Å². The van der Waals surface area contributed by atoms with E-state index < -0.39 is 0 Å². The Morgan fingerprint density at radius 1 is 1.47 bits per heavy atom. The van der Waals surface area contributed by atoms with Gasteiger partial charge in [-0.05, 0) is 31.4 Å². The molecule has 4 heteroatoms. The van der Waals surface area contributed by atoms with Crippen molar-refractivity contribution in [1.82, 2.24) is 4.98 Å². The van der Waals surface area contributed by atoms with Crippen LogP contribution in [0.15, 0.2) is 18.5 Å². The van der Waals surface area contributed by atoms with E-state index in [1.807, 2.05) is 0 Å². The number of hydrogen-bond acceptors (Lipinski definition) is 4. The van der Waals surface area contributed by atoms with Crippen molar-refractivity contribution >= 4 is 11.5 Å². The Bertz CT molecular complexity index is 365. The highest BCUT2D eigenvalue weighted by Crippen LogP contribution is 2.14. The first-order valence-electron chi connectivity index (χ1n) is 6.03. The number of nitrogens with zero attached hydrogens (tertiary/aromatic N) is 1. The summed E-state index contributed by atoms with van der Waals surface area (Å²) in [4.78, 5) is 15.7. The van der Waals surface area contributed by atoms with Gasteiger partial charge in [0.25, 0.3) is 0 Å². The number of anilines is 1. The van der Waals surface area contributed by atoms with Crippen LogP contribution in [0.2, 0.25) is 0 Å². The van der Waals surface area contributed by atoms with Crippen molar-refractivity contribution in [2.45, 2.75) is 32.6 Å². The highest BCUT2D eigenvalue weighted by Gasteiger charge is 2.09. The molecule has 1 aromatic heterocycles. The lowest BCUT2D eigenvalue weighted by molar-refractivity contribution is -0.118. The minimum atomic E-state index is 0.216. The summed E-state index contributed by atoms with van der Waals surface area (Å²) in [6, 6.07) is 1.72. The quantitative estimate of drug-likeness (QED) is 0.751. The van der Waals surface area contributed by atoms with Gasteiger partial charge in [0.1, 0.15) is 5.78 Å². The maximum absolute atomic E-state index is 11.8. The topological polar surface area (TPSA) is 82.0 Å². The largest absolute Gasteiger partial charge is 0.398 e. The van der Waals surface area contributed by atoms with Crippen LogP contribution in [0.1, 0.15) is 31.7 Å². The molecule has 94 valence electrons. The van der Waals surface area contributed by atoms with Crippen LogP contribution in [0.3, 0.4) is 0 Å². The lowest BCUT2D eigenvalue weighted by Gasteiger charge is -2.09. The molecular formula is C13H21N3O. The summed E-state index contributed by atoms with van der Waals surface area (Å²) >= 11 is 0. The Morgan fingerprint density at radius 2 is 2.24 bits per heavy atom. The van der Waals surface area contributed by atoms with Gasteiger partial charge in [-0.2, -0.15) is 0 Å². The van der Waals surface area contributed by atoms with Crippen molar-refractivity contribution in [3.05, 3.63) is 24.0 Å².